The van der Waals surface area contributed by atoms with E-state index in [4.69, 9.17) is 21.7 Å². The van der Waals surface area contributed by atoms with Gasteiger partial charge in [0, 0.05) is 6.54 Å². The summed E-state index contributed by atoms with van der Waals surface area (Å²) in [6.07, 6.45) is 1.73. The molecule has 0 radical (unpaired) electrons. The Labute approximate surface area is 139 Å². The minimum Gasteiger partial charge on any atom is -0.493 e. The summed E-state index contributed by atoms with van der Waals surface area (Å²) in [5.41, 5.74) is 3.60. The van der Waals surface area contributed by atoms with Crippen molar-refractivity contribution in [3.8, 4) is 11.5 Å². The van der Waals surface area contributed by atoms with Gasteiger partial charge in [-0.25, -0.2) is 0 Å². The van der Waals surface area contributed by atoms with Gasteiger partial charge in [0.1, 0.15) is 0 Å². The molecule has 0 saturated carbocycles. The normalized spacial score (nSPS) is 10.8. The number of hydrogen-bond acceptors (Lipinski definition) is 4. The van der Waals surface area contributed by atoms with Gasteiger partial charge in [-0.15, -0.1) is 0 Å². The van der Waals surface area contributed by atoms with Crippen LogP contribution < -0.4 is 20.2 Å². The predicted molar refractivity (Wildman–Crippen MR) is 93.5 cm³/mol. The van der Waals surface area contributed by atoms with Gasteiger partial charge in [-0.05, 0) is 66.6 Å². The molecule has 0 aromatic heterocycles. The zero-order chi connectivity index (χ0) is 15.8. The van der Waals surface area contributed by atoms with E-state index in [1.807, 2.05) is 32.9 Å². The predicted octanol–water partition coefficient (Wildman–Crippen LogP) is 3.06. The third kappa shape index (κ3) is 5.89. The summed E-state index contributed by atoms with van der Waals surface area (Å²) in [7, 11) is 1.61. The van der Waals surface area contributed by atoms with Crippen LogP contribution in [0.5, 0.6) is 11.5 Å². The van der Waals surface area contributed by atoms with Crippen molar-refractivity contribution < 1.29 is 9.47 Å². The van der Waals surface area contributed by atoms with Gasteiger partial charge in [0.25, 0.3) is 0 Å². The number of nitrogens with one attached hydrogen (secondary N) is 2. The Balaban J connectivity index is 2.88. The molecule has 0 aliphatic rings. The zero-order valence-corrected chi connectivity index (χ0v) is 15.0. The monoisotopic (exact) mass is 373 g/mol. The lowest BCUT2D eigenvalue weighted by molar-refractivity contribution is 0.228. The van der Waals surface area contributed by atoms with Crippen LogP contribution in [0, 0.1) is 0 Å². The fourth-order valence-electron chi connectivity index (χ4n) is 1.53. The van der Waals surface area contributed by atoms with E-state index in [0.717, 1.165) is 16.6 Å². The number of halogens is 1. The molecule has 1 rings (SSSR count). The van der Waals surface area contributed by atoms with E-state index in [1.54, 1.807) is 13.3 Å². The summed E-state index contributed by atoms with van der Waals surface area (Å²) in [6, 6.07) is 3.76. The van der Waals surface area contributed by atoms with Gasteiger partial charge in [-0.1, -0.05) is 0 Å². The molecule has 0 unspecified atom stereocenters. The molecule has 2 N–H and O–H groups in total. The third-order valence-corrected chi connectivity index (χ3v) is 3.15. The molecule has 0 saturated heterocycles. The summed E-state index contributed by atoms with van der Waals surface area (Å²) >= 11 is 8.51. The second-order valence-corrected chi connectivity index (χ2v) is 5.69. The molecule has 0 amide bonds. The highest BCUT2D eigenvalue weighted by Crippen LogP contribution is 2.36. The first-order chi connectivity index (χ1) is 9.97. The van der Waals surface area contributed by atoms with Gasteiger partial charge < -0.3 is 14.8 Å². The first-order valence-electron chi connectivity index (χ1n) is 6.59. The molecule has 0 aliphatic heterocycles. The van der Waals surface area contributed by atoms with Gasteiger partial charge in [-0.3, -0.25) is 5.43 Å². The van der Waals surface area contributed by atoms with Crippen LogP contribution in [0.3, 0.4) is 0 Å². The Kier molecular flexibility index (Phi) is 7.45. The SMILES string of the molecule is CCNC(=S)N/N=C/c1cc(Br)c(OC(C)C)c(OC)c1. The molecule has 21 heavy (non-hydrogen) atoms. The Bertz CT molecular complexity index is 521. The van der Waals surface area contributed by atoms with Gasteiger partial charge in [0.2, 0.25) is 0 Å². The van der Waals surface area contributed by atoms with Crippen LogP contribution in [0.2, 0.25) is 0 Å². The fourth-order valence-corrected chi connectivity index (χ4v) is 2.28. The molecule has 0 atom stereocenters. The summed E-state index contributed by atoms with van der Waals surface area (Å²) in [5.74, 6) is 1.33. The molecule has 0 bridgehead atoms. The Morgan fingerprint density at radius 2 is 2.19 bits per heavy atom. The van der Waals surface area contributed by atoms with Crippen molar-refractivity contribution in [1.82, 2.24) is 10.7 Å². The van der Waals surface area contributed by atoms with Crippen molar-refractivity contribution in [2.45, 2.75) is 26.9 Å². The summed E-state index contributed by atoms with van der Waals surface area (Å²) in [5, 5.41) is 7.51. The molecule has 0 spiro atoms. The fraction of sp³-hybridized carbons (Fsp3) is 0.429. The maximum absolute atomic E-state index is 5.73. The van der Waals surface area contributed by atoms with Crippen LogP contribution in [-0.2, 0) is 0 Å². The standard InChI is InChI=1S/C14H20BrN3O2S/c1-5-16-14(21)18-17-8-10-6-11(15)13(20-9(2)3)12(7-10)19-4/h6-9H,5H2,1-4H3,(H2,16,18,21)/b17-8+. The van der Waals surface area contributed by atoms with Crippen LogP contribution in [0.1, 0.15) is 26.3 Å². The second kappa shape index (κ2) is 8.84. The average molecular weight is 374 g/mol. The van der Waals surface area contributed by atoms with Crippen molar-refractivity contribution in [2.75, 3.05) is 13.7 Å². The van der Waals surface area contributed by atoms with Crippen molar-refractivity contribution in [3.63, 3.8) is 0 Å². The van der Waals surface area contributed by atoms with Crippen molar-refractivity contribution in [1.29, 1.82) is 0 Å². The Morgan fingerprint density at radius 1 is 1.48 bits per heavy atom. The third-order valence-electron chi connectivity index (χ3n) is 2.32. The molecule has 5 nitrogen and oxygen atoms in total. The van der Waals surface area contributed by atoms with E-state index in [0.29, 0.717) is 16.6 Å². The molecule has 0 heterocycles. The smallest absolute Gasteiger partial charge is 0.186 e. The summed E-state index contributed by atoms with van der Waals surface area (Å²) in [6.45, 7) is 6.65. The van der Waals surface area contributed by atoms with Crippen molar-refractivity contribution >= 4 is 39.5 Å². The number of methoxy groups -OCH3 is 1. The molecule has 0 fully saturated rings. The van der Waals surface area contributed by atoms with E-state index >= 15 is 0 Å². The zero-order valence-electron chi connectivity index (χ0n) is 12.6. The van der Waals surface area contributed by atoms with Crippen molar-refractivity contribution in [2.24, 2.45) is 5.10 Å². The van der Waals surface area contributed by atoms with E-state index in [2.05, 4.69) is 31.8 Å². The first kappa shape index (κ1) is 17.7. The lowest BCUT2D eigenvalue weighted by atomic mass is 10.2. The van der Waals surface area contributed by atoms with E-state index in [1.165, 1.54) is 0 Å². The van der Waals surface area contributed by atoms with Gasteiger partial charge in [0.15, 0.2) is 16.6 Å². The van der Waals surface area contributed by atoms with Crippen LogP contribution in [0.4, 0.5) is 0 Å². The summed E-state index contributed by atoms with van der Waals surface area (Å²) < 4.78 is 11.9. The Hall–Kier alpha value is -1.34. The van der Waals surface area contributed by atoms with Crippen LogP contribution in [-0.4, -0.2) is 31.1 Å². The maximum atomic E-state index is 5.73. The number of rotatable bonds is 6. The molecule has 1 aromatic rings. The van der Waals surface area contributed by atoms with Gasteiger partial charge >= 0.3 is 0 Å². The van der Waals surface area contributed by atoms with Gasteiger partial charge in [-0.2, -0.15) is 5.10 Å². The maximum Gasteiger partial charge on any atom is 0.186 e. The number of benzene rings is 1. The largest absolute Gasteiger partial charge is 0.493 e. The minimum absolute atomic E-state index is 0.0638. The molecular weight excluding hydrogens is 354 g/mol. The van der Waals surface area contributed by atoms with Crippen LogP contribution >= 0.6 is 28.1 Å². The lowest BCUT2D eigenvalue weighted by Gasteiger charge is -2.15. The average Bonchev–Trinajstić information content (AvgIpc) is 2.41. The van der Waals surface area contributed by atoms with E-state index in [9.17, 15) is 0 Å². The number of nitrogens with zero attached hydrogens (tertiary/aromatic N) is 1. The number of thiocarbonyl (C=S) groups is 1. The molecule has 1 aromatic carbocycles. The van der Waals surface area contributed by atoms with E-state index < -0.39 is 0 Å². The highest BCUT2D eigenvalue weighted by Gasteiger charge is 2.12. The quantitative estimate of drug-likeness (QED) is 0.455. The topological polar surface area (TPSA) is 54.9 Å². The van der Waals surface area contributed by atoms with E-state index in [-0.39, 0.29) is 6.10 Å². The highest BCUT2D eigenvalue weighted by atomic mass is 79.9. The van der Waals surface area contributed by atoms with Gasteiger partial charge in [0.05, 0.1) is 23.9 Å². The number of ether oxygens (including phenoxy) is 2. The highest BCUT2D eigenvalue weighted by molar-refractivity contribution is 9.10. The van der Waals surface area contributed by atoms with Crippen molar-refractivity contribution in [3.05, 3.63) is 22.2 Å². The number of hydrazone groups is 1. The molecule has 116 valence electrons. The first-order valence-corrected chi connectivity index (χ1v) is 7.79. The number of hydrogen-bond donors (Lipinski definition) is 2. The Morgan fingerprint density at radius 3 is 2.76 bits per heavy atom. The second-order valence-electron chi connectivity index (χ2n) is 4.43. The minimum atomic E-state index is 0.0638. The van der Waals surface area contributed by atoms with Crippen LogP contribution in [0.15, 0.2) is 21.7 Å². The summed E-state index contributed by atoms with van der Waals surface area (Å²) in [4.78, 5) is 0. The molecular formula is C14H20BrN3O2S. The molecule has 0 aliphatic carbocycles. The lowest BCUT2D eigenvalue weighted by Crippen LogP contribution is -2.31. The van der Waals surface area contributed by atoms with Crippen LogP contribution in [0.25, 0.3) is 0 Å². The molecule has 7 heteroatoms.